The summed E-state index contributed by atoms with van der Waals surface area (Å²) >= 11 is 0. The Kier molecular flexibility index (Phi) is 4.24. The van der Waals surface area contributed by atoms with Crippen molar-refractivity contribution in [1.82, 2.24) is 14.9 Å². The minimum Gasteiger partial charge on any atom is -0.362 e. The van der Waals surface area contributed by atoms with Crippen LogP contribution in [0, 0.1) is 6.92 Å². The molecule has 1 N–H and O–H groups in total. The third-order valence-electron chi connectivity index (χ3n) is 3.83. The van der Waals surface area contributed by atoms with Crippen molar-refractivity contribution in [2.24, 2.45) is 0 Å². The minimum atomic E-state index is 0.452. The highest BCUT2D eigenvalue weighted by molar-refractivity contribution is 5.47. The van der Waals surface area contributed by atoms with E-state index in [0.29, 0.717) is 12.1 Å². The fourth-order valence-electron chi connectivity index (χ4n) is 2.85. The quantitative estimate of drug-likeness (QED) is 0.896. The van der Waals surface area contributed by atoms with Crippen LogP contribution >= 0.6 is 0 Å². The highest BCUT2D eigenvalue weighted by Gasteiger charge is 2.29. The summed E-state index contributed by atoms with van der Waals surface area (Å²) in [4.78, 5) is 13.4. The zero-order valence-corrected chi connectivity index (χ0v) is 12.6. The van der Waals surface area contributed by atoms with Gasteiger partial charge in [-0.25, -0.2) is 4.98 Å². The summed E-state index contributed by atoms with van der Waals surface area (Å²) < 4.78 is 0. The summed E-state index contributed by atoms with van der Waals surface area (Å²) in [6, 6.07) is 1.03. The standard InChI is InChI=1S/C14H25N5/c1-10-9-15-14(17-13(10)19(4)5)16-11-7-6-8-12(11)18(2)3/h9,11-12H,6-8H2,1-5H3,(H,15,16,17)/t11-,12-/m0/s1. The summed E-state index contributed by atoms with van der Waals surface area (Å²) in [7, 11) is 8.31. The van der Waals surface area contributed by atoms with Gasteiger partial charge < -0.3 is 15.1 Å². The van der Waals surface area contributed by atoms with Crippen molar-refractivity contribution >= 4 is 11.8 Å². The number of aryl methyl sites for hydroxylation is 1. The van der Waals surface area contributed by atoms with Gasteiger partial charge in [-0.15, -0.1) is 0 Å². The number of nitrogens with zero attached hydrogens (tertiary/aromatic N) is 4. The number of anilines is 2. The van der Waals surface area contributed by atoms with Gasteiger partial charge in [0.15, 0.2) is 0 Å². The molecule has 0 amide bonds. The van der Waals surface area contributed by atoms with Crippen molar-refractivity contribution in [1.29, 1.82) is 0 Å². The Balaban J connectivity index is 2.13. The van der Waals surface area contributed by atoms with E-state index >= 15 is 0 Å². The summed E-state index contributed by atoms with van der Waals surface area (Å²) in [5, 5.41) is 3.50. The second kappa shape index (κ2) is 5.74. The van der Waals surface area contributed by atoms with Gasteiger partial charge >= 0.3 is 0 Å². The lowest BCUT2D eigenvalue weighted by atomic mass is 10.1. The van der Waals surface area contributed by atoms with Gasteiger partial charge in [-0.1, -0.05) is 0 Å². The van der Waals surface area contributed by atoms with E-state index < -0.39 is 0 Å². The molecular formula is C14H25N5. The van der Waals surface area contributed by atoms with Crippen molar-refractivity contribution in [3.63, 3.8) is 0 Å². The molecule has 1 aliphatic rings. The zero-order valence-electron chi connectivity index (χ0n) is 12.6. The van der Waals surface area contributed by atoms with Crippen LogP contribution in [0.5, 0.6) is 0 Å². The number of nitrogens with one attached hydrogen (secondary N) is 1. The first kappa shape index (κ1) is 14.1. The molecule has 5 nitrogen and oxygen atoms in total. The Bertz CT molecular complexity index is 430. The van der Waals surface area contributed by atoms with Crippen molar-refractivity contribution in [2.75, 3.05) is 38.4 Å². The molecule has 5 heteroatoms. The summed E-state index contributed by atoms with van der Waals surface area (Å²) in [5.41, 5.74) is 1.10. The van der Waals surface area contributed by atoms with Crippen LogP contribution in [0.2, 0.25) is 0 Å². The van der Waals surface area contributed by atoms with Crippen LogP contribution in [0.25, 0.3) is 0 Å². The maximum atomic E-state index is 4.61. The van der Waals surface area contributed by atoms with Crippen molar-refractivity contribution in [3.8, 4) is 0 Å². The molecule has 2 atom stereocenters. The van der Waals surface area contributed by atoms with E-state index in [1.165, 1.54) is 19.3 Å². The van der Waals surface area contributed by atoms with E-state index in [9.17, 15) is 0 Å². The van der Waals surface area contributed by atoms with E-state index in [1.54, 1.807) is 0 Å². The predicted octanol–water partition coefficient (Wildman–Crippen LogP) is 1.75. The van der Waals surface area contributed by atoms with Gasteiger partial charge in [0.2, 0.25) is 5.95 Å². The Morgan fingerprint density at radius 3 is 2.58 bits per heavy atom. The average Bonchev–Trinajstić information content (AvgIpc) is 2.79. The Labute approximate surface area is 116 Å². The van der Waals surface area contributed by atoms with Crippen LogP contribution in [-0.2, 0) is 0 Å². The number of hydrogen-bond donors (Lipinski definition) is 1. The molecule has 0 spiro atoms. The first-order valence-corrected chi connectivity index (χ1v) is 6.93. The molecule has 1 fully saturated rings. The molecule has 0 aliphatic heterocycles. The number of hydrogen-bond acceptors (Lipinski definition) is 5. The average molecular weight is 263 g/mol. The van der Waals surface area contributed by atoms with Crippen LogP contribution in [0.3, 0.4) is 0 Å². The lowest BCUT2D eigenvalue weighted by Gasteiger charge is -2.27. The highest BCUT2D eigenvalue weighted by atomic mass is 15.2. The third kappa shape index (κ3) is 3.15. The number of rotatable bonds is 4. The molecule has 19 heavy (non-hydrogen) atoms. The molecule has 0 bridgehead atoms. The molecule has 106 valence electrons. The summed E-state index contributed by atoms with van der Waals surface area (Å²) in [6.45, 7) is 2.04. The van der Waals surface area contributed by atoms with Gasteiger partial charge in [0.25, 0.3) is 0 Å². The van der Waals surface area contributed by atoms with E-state index in [1.807, 2.05) is 32.1 Å². The Morgan fingerprint density at radius 1 is 1.21 bits per heavy atom. The molecule has 1 heterocycles. The molecule has 1 aromatic heterocycles. The third-order valence-corrected chi connectivity index (χ3v) is 3.83. The molecule has 0 aromatic carbocycles. The van der Waals surface area contributed by atoms with Crippen LogP contribution in [-0.4, -0.2) is 55.1 Å². The SMILES string of the molecule is Cc1cnc(N[C@H]2CCC[C@@H]2N(C)C)nc1N(C)C. The molecule has 0 saturated heterocycles. The van der Waals surface area contributed by atoms with Crippen molar-refractivity contribution < 1.29 is 0 Å². The van der Waals surface area contributed by atoms with Crippen LogP contribution in [0.4, 0.5) is 11.8 Å². The summed E-state index contributed by atoms with van der Waals surface area (Å²) in [5.74, 6) is 1.73. The lowest BCUT2D eigenvalue weighted by molar-refractivity contribution is 0.284. The number of aromatic nitrogens is 2. The smallest absolute Gasteiger partial charge is 0.224 e. The topological polar surface area (TPSA) is 44.3 Å². The van der Waals surface area contributed by atoms with Gasteiger partial charge in [0.05, 0.1) is 0 Å². The first-order chi connectivity index (χ1) is 8.99. The zero-order chi connectivity index (χ0) is 14.0. The Hall–Kier alpha value is -1.36. The molecule has 1 aromatic rings. The fraction of sp³-hybridized carbons (Fsp3) is 0.714. The van der Waals surface area contributed by atoms with E-state index in [2.05, 4.69) is 34.3 Å². The molecular weight excluding hydrogens is 238 g/mol. The molecule has 0 unspecified atom stereocenters. The Morgan fingerprint density at radius 2 is 1.95 bits per heavy atom. The largest absolute Gasteiger partial charge is 0.362 e. The van der Waals surface area contributed by atoms with E-state index in [4.69, 9.17) is 0 Å². The van der Waals surface area contributed by atoms with E-state index in [0.717, 1.165) is 17.3 Å². The van der Waals surface area contributed by atoms with Gasteiger partial charge in [-0.2, -0.15) is 4.98 Å². The molecule has 0 radical (unpaired) electrons. The van der Waals surface area contributed by atoms with Crippen molar-refractivity contribution in [2.45, 2.75) is 38.3 Å². The van der Waals surface area contributed by atoms with Crippen LogP contribution in [0.1, 0.15) is 24.8 Å². The van der Waals surface area contributed by atoms with Crippen LogP contribution in [0.15, 0.2) is 6.20 Å². The number of likely N-dealkylation sites (N-methyl/N-ethyl adjacent to an activating group) is 1. The van der Waals surface area contributed by atoms with Gasteiger partial charge in [0.1, 0.15) is 5.82 Å². The van der Waals surface area contributed by atoms with Gasteiger partial charge in [-0.05, 0) is 40.3 Å². The second-order valence-corrected chi connectivity index (χ2v) is 5.81. The minimum absolute atomic E-state index is 0.452. The molecule has 1 saturated carbocycles. The molecule has 2 rings (SSSR count). The maximum absolute atomic E-state index is 4.61. The summed E-state index contributed by atoms with van der Waals surface area (Å²) in [6.07, 6.45) is 5.60. The molecule has 1 aliphatic carbocycles. The van der Waals surface area contributed by atoms with Crippen LogP contribution < -0.4 is 10.2 Å². The van der Waals surface area contributed by atoms with Crippen molar-refractivity contribution in [3.05, 3.63) is 11.8 Å². The second-order valence-electron chi connectivity index (χ2n) is 5.81. The van der Waals surface area contributed by atoms with E-state index in [-0.39, 0.29) is 0 Å². The monoisotopic (exact) mass is 263 g/mol. The van der Waals surface area contributed by atoms with Gasteiger partial charge in [-0.3, -0.25) is 0 Å². The lowest BCUT2D eigenvalue weighted by Crippen LogP contribution is -2.39. The fourth-order valence-corrected chi connectivity index (χ4v) is 2.85. The normalized spacial score (nSPS) is 22.8. The van der Waals surface area contributed by atoms with Gasteiger partial charge in [0, 0.05) is 37.9 Å². The first-order valence-electron chi connectivity index (χ1n) is 6.93. The predicted molar refractivity (Wildman–Crippen MR) is 79.8 cm³/mol. The maximum Gasteiger partial charge on any atom is 0.224 e. The highest BCUT2D eigenvalue weighted by Crippen LogP contribution is 2.25.